The molecule has 0 fully saturated rings. The zero-order valence-corrected chi connectivity index (χ0v) is 10.1. The van der Waals surface area contributed by atoms with E-state index in [2.05, 4.69) is 6.92 Å². The van der Waals surface area contributed by atoms with Crippen LogP contribution in [-0.4, -0.2) is 18.1 Å². The zero-order chi connectivity index (χ0) is 10.4. The van der Waals surface area contributed by atoms with E-state index >= 15 is 0 Å². The minimum atomic E-state index is 0.730. The summed E-state index contributed by atoms with van der Waals surface area (Å²) in [7, 11) is 0. The van der Waals surface area contributed by atoms with Crippen molar-refractivity contribution in [1.29, 1.82) is 0 Å². The summed E-state index contributed by atoms with van der Waals surface area (Å²) in [5.74, 6) is 3.06. The van der Waals surface area contributed by atoms with E-state index < -0.39 is 0 Å². The Labute approximate surface area is 94.8 Å². The molecular formula is C11H15ClOS. The molecule has 14 heavy (non-hydrogen) atoms. The van der Waals surface area contributed by atoms with E-state index in [1.807, 2.05) is 36.9 Å². The van der Waals surface area contributed by atoms with Crippen LogP contribution in [0.25, 0.3) is 0 Å². The number of ether oxygens (including phenoxy) is 1. The third-order valence-electron chi connectivity index (χ3n) is 1.84. The molecule has 3 heteroatoms. The van der Waals surface area contributed by atoms with Gasteiger partial charge in [0, 0.05) is 10.8 Å². The van der Waals surface area contributed by atoms with Crippen molar-refractivity contribution in [3.8, 4) is 5.75 Å². The van der Waals surface area contributed by atoms with Crippen LogP contribution < -0.4 is 4.74 Å². The molecule has 78 valence electrons. The second-order valence-corrected chi connectivity index (χ2v) is 4.79. The molecule has 0 atom stereocenters. The fourth-order valence-corrected chi connectivity index (χ4v) is 1.74. The summed E-state index contributed by atoms with van der Waals surface area (Å²) in [4.78, 5) is 0. The Kier molecular flexibility index (Phi) is 5.20. The molecular weight excluding hydrogens is 216 g/mol. The maximum atomic E-state index is 5.87. The molecule has 0 aromatic heterocycles. The summed E-state index contributed by atoms with van der Waals surface area (Å²) in [6, 6.07) is 5.72. The number of hydrogen-bond acceptors (Lipinski definition) is 2. The van der Waals surface area contributed by atoms with Gasteiger partial charge in [0.1, 0.15) is 5.75 Å². The van der Waals surface area contributed by atoms with Gasteiger partial charge in [0.25, 0.3) is 0 Å². The van der Waals surface area contributed by atoms with E-state index in [1.165, 1.54) is 0 Å². The Morgan fingerprint density at radius 2 is 2.21 bits per heavy atom. The molecule has 1 aromatic carbocycles. The van der Waals surface area contributed by atoms with Gasteiger partial charge in [0.15, 0.2) is 0 Å². The quantitative estimate of drug-likeness (QED) is 0.712. The van der Waals surface area contributed by atoms with Crippen molar-refractivity contribution in [1.82, 2.24) is 0 Å². The molecule has 0 radical (unpaired) electrons. The minimum absolute atomic E-state index is 0.730. The SMILES string of the molecule is CCSCCOc1cc(Cl)ccc1C. The van der Waals surface area contributed by atoms with Crippen LogP contribution >= 0.6 is 23.4 Å². The summed E-state index contributed by atoms with van der Waals surface area (Å²) < 4.78 is 5.61. The van der Waals surface area contributed by atoms with E-state index in [0.29, 0.717) is 0 Å². The molecule has 0 bridgehead atoms. The number of hydrogen-bond donors (Lipinski definition) is 0. The predicted molar refractivity (Wildman–Crippen MR) is 64.7 cm³/mol. The van der Waals surface area contributed by atoms with Gasteiger partial charge in [0.2, 0.25) is 0 Å². The van der Waals surface area contributed by atoms with Gasteiger partial charge in [-0.25, -0.2) is 0 Å². The van der Waals surface area contributed by atoms with Crippen molar-refractivity contribution in [2.75, 3.05) is 18.1 Å². The topological polar surface area (TPSA) is 9.23 Å². The van der Waals surface area contributed by atoms with Crippen LogP contribution in [0.3, 0.4) is 0 Å². The molecule has 0 saturated carbocycles. The third kappa shape index (κ3) is 3.81. The van der Waals surface area contributed by atoms with Crippen LogP contribution in [0, 0.1) is 6.92 Å². The molecule has 0 aliphatic rings. The second kappa shape index (κ2) is 6.20. The van der Waals surface area contributed by atoms with Crippen molar-refractivity contribution >= 4 is 23.4 Å². The van der Waals surface area contributed by atoms with Crippen LogP contribution in [0.2, 0.25) is 5.02 Å². The number of benzene rings is 1. The van der Waals surface area contributed by atoms with Gasteiger partial charge in [-0.1, -0.05) is 24.6 Å². The molecule has 0 amide bonds. The molecule has 1 aromatic rings. The lowest BCUT2D eigenvalue weighted by Gasteiger charge is -2.08. The van der Waals surface area contributed by atoms with Crippen molar-refractivity contribution in [2.24, 2.45) is 0 Å². The number of halogens is 1. The minimum Gasteiger partial charge on any atom is -0.492 e. The lowest BCUT2D eigenvalue weighted by molar-refractivity contribution is 0.341. The molecule has 1 rings (SSSR count). The predicted octanol–water partition coefficient (Wildman–Crippen LogP) is 3.78. The van der Waals surface area contributed by atoms with E-state index in [1.54, 1.807) is 0 Å². The Balaban J connectivity index is 2.45. The van der Waals surface area contributed by atoms with E-state index in [0.717, 1.165) is 34.4 Å². The summed E-state index contributed by atoms with van der Waals surface area (Å²) >= 11 is 7.75. The monoisotopic (exact) mass is 230 g/mol. The first-order chi connectivity index (χ1) is 6.74. The largest absolute Gasteiger partial charge is 0.492 e. The molecule has 0 unspecified atom stereocenters. The second-order valence-electron chi connectivity index (χ2n) is 2.96. The summed E-state index contributed by atoms with van der Waals surface area (Å²) in [6.45, 7) is 4.92. The number of thioether (sulfide) groups is 1. The molecule has 1 nitrogen and oxygen atoms in total. The van der Waals surface area contributed by atoms with Gasteiger partial charge in [-0.05, 0) is 30.4 Å². The molecule has 0 heterocycles. The summed E-state index contributed by atoms with van der Waals surface area (Å²) in [6.07, 6.45) is 0. The molecule has 0 spiro atoms. The lowest BCUT2D eigenvalue weighted by atomic mass is 10.2. The van der Waals surface area contributed by atoms with Crippen molar-refractivity contribution < 1.29 is 4.74 Å². The molecule has 0 aliphatic heterocycles. The van der Waals surface area contributed by atoms with Crippen LogP contribution in [0.1, 0.15) is 12.5 Å². The van der Waals surface area contributed by atoms with Crippen LogP contribution in [0.5, 0.6) is 5.75 Å². The summed E-state index contributed by atoms with van der Waals surface area (Å²) in [5.41, 5.74) is 1.14. The normalized spacial score (nSPS) is 10.2. The zero-order valence-electron chi connectivity index (χ0n) is 8.55. The Bertz CT molecular complexity index is 289. The van der Waals surface area contributed by atoms with Gasteiger partial charge >= 0.3 is 0 Å². The number of rotatable bonds is 5. The number of aryl methyl sites for hydroxylation is 1. The van der Waals surface area contributed by atoms with E-state index in [-0.39, 0.29) is 0 Å². The highest BCUT2D eigenvalue weighted by Crippen LogP contribution is 2.22. The highest BCUT2D eigenvalue weighted by Gasteiger charge is 1.99. The van der Waals surface area contributed by atoms with Crippen LogP contribution in [0.15, 0.2) is 18.2 Å². The average Bonchev–Trinajstić information content (AvgIpc) is 2.18. The first-order valence-electron chi connectivity index (χ1n) is 4.70. The standard InChI is InChI=1S/C11H15ClOS/c1-3-14-7-6-13-11-8-10(12)5-4-9(11)2/h4-5,8H,3,6-7H2,1-2H3. The van der Waals surface area contributed by atoms with E-state index in [9.17, 15) is 0 Å². The van der Waals surface area contributed by atoms with Crippen LogP contribution in [0.4, 0.5) is 0 Å². The fourth-order valence-electron chi connectivity index (χ4n) is 1.08. The average molecular weight is 231 g/mol. The Hall–Kier alpha value is -0.340. The van der Waals surface area contributed by atoms with Gasteiger partial charge in [-0.3, -0.25) is 0 Å². The third-order valence-corrected chi connectivity index (χ3v) is 2.94. The Morgan fingerprint density at radius 3 is 2.93 bits per heavy atom. The van der Waals surface area contributed by atoms with E-state index in [4.69, 9.17) is 16.3 Å². The first kappa shape index (κ1) is 11.7. The van der Waals surface area contributed by atoms with Crippen molar-refractivity contribution in [2.45, 2.75) is 13.8 Å². The molecule has 0 aliphatic carbocycles. The maximum Gasteiger partial charge on any atom is 0.123 e. The highest BCUT2D eigenvalue weighted by atomic mass is 35.5. The van der Waals surface area contributed by atoms with Gasteiger partial charge < -0.3 is 4.74 Å². The fraction of sp³-hybridized carbons (Fsp3) is 0.455. The highest BCUT2D eigenvalue weighted by molar-refractivity contribution is 7.99. The van der Waals surface area contributed by atoms with Crippen molar-refractivity contribution in [3.63, 3.8) is 0 Å². The molecule has 0 saturated heterocycles. The first-order valence-corrected chi connectivity index (χ1v) is 6.24. The van der Waals surface area contributed by atoms with Gasteiger partial charge in [-0.15, -0.1) is 0 Å². The summed E-state index contributed by atoms with van der Waals surface area (Å²) in [5, 5.41) is 0.730. The van der Waals surface area contributed by atoms with Crippen LogP contribution in [-0.2, 0) is 0 Å². The lowest BCUT2D eigenvalue weighted by Crippen LogP contribution is -2.01. The maximum absolute atomic E-state index is 5.87. The Morgan fingerprint density at radius 1 is 1.43 bits per heavy atom. The van der Waals surface area contributed by atoms with Gasteiger partial charge in [0.05, 0.1) is 6.61 Å². The van der Waals surface area contributed by atoms with Gasteiger partial charge in [-0.2, -0.15) is 11.8 Å². The van der Waals surface area contributed by atoms with Crippen molar-refractivity contribution in [3.05, 3.63) is 28.8 Å². The molecule has 0 N–H and O–H groups in total. The smallest absolute Gasteiger partial charge is 0.123 e.